The number of rotatable bonds is 12. The number of unbranched alkanes of at least 4 members (excludes halogenated alkanes) is 9. The molecule has 0 radical (unpaired) electrons. The second-order valence-corrected chi connectivity index (χ2v) is 4.24. The molecule has 3 N–H and O–H groups in total. The van der Waals surface area contributed by atoms with Gasteiger partial charge in [-0.2, -0.15) is 0 Å². The zero-order valence-corrected chi connectivity index (χ0v) is 11.2. The summed E-state index contributed by atoms with van der Waals surface area (Å²) in [6.45, 7) is 2.48. The van der Waals surface area contributed by atoms with Gasteiger partial charge in [-0.15, -0.1) is 10.1 Å². The average molecular weight is 248 g/mol. The van der Waals surface area contributed by atoms with Crippen LogP contribution in [0.3, 0.4) is 0 Å². The van der Waals surface area contributed by atoms with Gasteiger partial charge in [0.05, 0.1) is 6.61 Å². The first-order valence-corrected chi connectivity index (χ1v) is 6.54. The van der Waals surface area contributed by atoms with Crippen LogP contribution in [-0.2, 0) is 4.84 Å². The normalized spacial score (nSPS) is 9.71. The maximum Gasteiger partial charge on any atom is 0.294 e. The summed E-state index contributed by atoms with van der Waals surface area (Å²) in [5, 5.41) is 9.13. The van der Waals surface area contributed by atoms with E-state index in [0.717, 1.165) is 12.8 Å². The minimum absolute atomic E-state index is 0. The van der Waals surface area contributed by atoms with E-state index in [-0.39, 0.29) is 12.8 Å². The lowest BCUT2D eigenvalue weighted by Crippen LogP contribution is -2.01. The van der Waals surface area contributed by atoms with Gasteiger partial charge < -0.3 is 11.0 Å². The van der Waals surface area contributed by atoms with E-state index >= 15 is 0 Å². The summed E-state index contributed by atoms with van der Waals surface area (Å²) in [4.78, 5) is 14.1. The van der Waals surface area contributed by atoms with E-state index in [4.69, 9.17) is 0 Å². The molecular formula is C12H28N2O3. The van der Waals surface area contributed by atoms with E-state index in [1.165, 1.54) is 51.4 Å². The van der Waals surface area contributed by atoms with Crippen LogP contribution in [-0.4, -0.2) is 11.7 Å². The van der Waals surface area contributed by atoms with Gasteiger partial charge in [-0.3, -0.25) is 0 Å². The fraction of sp³-hybridized carbons (Fsp3) is 1.00. The van der Waals surface area contributed by atoms with E-state index in [9.17, 15) is 10.1 Å². The number of hydrogen-bond acceptors (Lipinski definition) is 4. The quantitative estimate of drug-likeness (QED) is 0.317. The van der Waals surface area contributed by atoms with Crippen molar-refractivity contribution in [3.05, 3.63) is 10.1 Å². The van der Waals surface area contributed by atoms with Crippen molar-refractivity contribution in [2.24, 2.45) is 0 Å². The molecular weight excluding hydrogens is 220 g/mol. The van der Waals surface area contributed by atoms with Gasteiger partial charge in [-0.05, 0) is 6.42 Å². The van der Waals surface area contributed by atoms with Gasteiger partial charge in [0.15, 0.2) is 0 Å². The lowest BCUT2D eigenvalue weighted by Gasteiger charge is -2.01. The average Bonchev–Trinajstić information content (AvgIpc) is 2.25. The summed E-state index contributed by atoms with van der Waals surface area (Å²) >= 11 is 0. The molecule has 0 atom stereocenters. The van der Waals surface area contributed by atoms with E-state index < -0.39 is 5.09 Å². The summed E-state index contributed by atoms with van der Waals surface area (Å²) in [5.74, 6) is 0. The number of nitrogens with zero attached hydrogens (tertiary/aromatic N) is 1. The highest BCUT2D eigenvalue weighted by Crippen LogP contribution is 2.10. The maximum atomic E-state index is 9.84. The standard InChI is InChI=1S/C12H25NO3.H3N/c1-2-3-4-5-6-7-8-9-10-11-12-16-13(14)15;/h2-12H2,1H3;1H3. The molecule has 0 saturated carbocycles. The van der Waals surface area contributed by atoms with Crippen molar-refractivity contribution in [1.82, 2.24) is 6.15 Å². The Bertz CT molecular complexity index is 166. The van der Waals surface area contributed by atoms with Gasteiger partial charge in [0, 0.05) is 0 Å². The van der Waals surface area contributed by atoms with E-state index in [1.807, 2.05) is 0 Å². The van der Waals surface area contributed by atoms with Crippen molar-refractivity contribution < 1.29 is 9.92 Å². The highest BCUT2D eigenvalue weighted by Gasteiger charge is 1.95. The van der Waals surface area contributed by atoms with Gasteiger partial charge in [0.1, 0.15) is 0 Å². The molecule has 0 aliphatic carbocycles. The molecule has 104 valence electrons. The Hall–Kier alpha value is -0.840. The van der Waals surface area contributed by atoms with Crippen LogP contribution in [0.1, 0.15) is 71.1 Å². The second-order valence-electron chi connectivity index (χ2n) is 4.24. The first kappa shape index (κ1) is 18.5. The Morgan fingerprint density at radius 2 is 1.29 bits per heavy atom. The van der Waals surface area contributed by atoms with Crippen LogP contribution in [0.15, 0.2) is 0 Å². The topological polar surface area (TPSA) is 87.4 Å². The molecule has 0 fully saturated rings. The lowest BCUT2D eigenvalue weighted by molar-refractivity contribution is -0.757. The van der Waals surface area contributed by atoms with Crippen LogP contribution in [0.25, 0.3) is 0 Å². The van der Waals surface area contributed by atoms with Gasteiger partial charge in [0.25, 0.3) is 5.09 Å². The Kier molecular flexibility index (Phi) is 16.5. The molecule has 0 aliphatic rings. The number of hydrogen-bond donors (Lipinski definition) is 1. The highest BCUT2D eigenvalue weighted by molar-refractivity contribution is 4.46. The van der Waals surface area contributed by atoms with Crippen molar-refractivity contribution in [3.8, 4) is 0 Å². The largest absolute Gasteiger partial charge is 0.344 e. The molecule has 0 aliphatic heterocycles. The summed E-state index contributed by atoms with van der Waals surface area (Å²) in [7, 11) is 0. The summed E-state index contributed by atoms with van der Waals surface area (Å²) in [6, 6.07) is 0. The fourth-order valence-corrected chi connectivity index (χ4v) is 1.73. The molecule has 5 nitrogen and oxygen atoms in total. The van der Waals surface area contributed by atoms with E-state index in [2.05, 4.69) is 11.8 Å². The summed E-state index contributed by atoms with van der Waals surface area (Å²) in [5.41, 5.74) is 0. The molecule has 0 spiro atoms. The van der Waals surface area contributed by atoms with Gasteiger partial charge in [-0.25, -0.2) is 0 Å². The predicted molar refractivity (Wildman–Crippen MR) is 69.8 cm³/mol. The molecule has 0 amide bonds. The Morgan fingerprint density at radius 3 is 1.71 bits per heavy atom. The molecule has 0 aromatic heterocycles. The van der Waals surface area contributed by atoms with Crippen LogP contribution in [0.2, 0.25) is 0 Å². The zero-order valence-electron chi connectivity index (χ0n) is 11.2. The molecule has 17 heavy (non-hydrogen) atoms. The highest BCUT2D eigenvalue weighted by atomic mass is 16.9. The molecule has 0 heterocycles. The van der Waals surface area contributed by atoms with Crippen molar-refractivity contribution in [2.45, 2.75) is 71.1 Å². The zero-order chi connectivity index (χ0) is 12.1. The van der Waals surface area contributed by atoms with Crippen molar-refractivity contribution in [1.29, 1.82) is 0 Å². The maximum absolute atomic E-state index is 9.84. The van der Waals surface area contributed by atoms with Crippen LogP contribution in [0.5, 0.6) is 0 Å². The third-order valence-electron chi connectivity index (χ3n) is 2.69. The van der Waals surface area contributed by atoms with Crippen molar-refractivity contribution >= 4 is 0 Å². The second kappa shape index (κ2) is 15.2. The monoisotopic (exact) mass is 248 g/mol. The van der Waals surface area contributed by atoms with Crippen LogP contribution in [0, 0.1) is 10.1 Å². The van der Waals surface area contributed by atoms with Crippen molar-refractivity contribution in [3.63, 3.8) is 0 Å². The molecule has 0 bridgehead atoms. The molecule has 0 aromatic carbocycles. The first-order valence-electron chi connectivity index (χ1n) is 6.54. The first-order chi connectivity index (χ1) is 7.77. The Labute approximate surface area is 105 Å². The molecule has 0 aromatic rings. The third-order valence-corrected chi connectivity index (χ3v) is 2.69. The minimum Gasteiger partial charge on any atom is -0.344 e. The van der Waals surface area contributed by atoms with E-state index in [0.29, 0.717) is 0 Å². The Balaban J connectivity index is 0. The molecule has 5 heteroatoms. The SMILES string of the molecule is CCCCCCCCCCCCO[N+](=O)[O-].N. The summed E-state index contributed by atoms with van der Waals surface area (Å²) < 4.78 is 0. The smallest absolute Gasteiger partial charge is 0.294 e. The Morgan fingerprint density at radius 1 is 0.882 bits per heavy atom. The van der Waals surface area contributed by atoms with Gasteiger partial charge >= 0.3 is 0 Å². The third kappa shape index (κ3) is 17.8. The van der Waals surface area contributed by atoms with Crippen LogP contribution in [0.4, 0.5) is 0 Å². The molecule has 0 rings (SSSR count). The lowest BCUT2D eigenvalue weighted by atomic mass is 10.1. The summed E-state index contributed by atoms with van der Waals surface area (Å²) in [6.07, 6.45) is 12.3. The predicted octanol–water partition coefficient (Wildman–Crippen LogP) is 4.28. The van der Waals surface area contributed by atoms with Crippen LogP contribution < -0.4 is 6.15 Å². The van der Waals surface area contributed by atoms with Gasteiger partial charge in [-0.1, -0.05) is 64.7 Å². The molecule has 0 unspecified atom stereocenters. The molecule has 0 saturated heterocycles. The van der Waals surface area contributed by atoms with Crippen LogP contribution >= 0.6 is 0 Å². The van der Waals surface area contributed by atoms with Crippen molar-refractivity contribution in [2.75, 3.05) is 6.61 Å². The fourth-order valence-electron chi connectivity index (χ4n) is 1.73. The van der Waals surface area contributed by atoms with Gasteiger partial charge in [0.2, 0.25) is 0 Å². The van der Waals surface area contributed by atoms with E-state index in [1.54, 1.807) is 0 Å². The minimum atomic E-state index is -0.715.